The molecule has 26 heavy (non-hydrogen) atoms. The number of ether oxygens (including phenoxy) is 1. The van der Waals surface area contributed by atoms with Gasteiger partial charge in [-0.05, 0) is 63.8 Å². The fourth-order valence-corrected chi connectivity index (χ4v) is 2.17. The summed E-state index contributed by atoms with van der Waals surface area (Å²) in [4.78, 5) is 35.7. The molecule has 0 aliphatic heterocycles. The predicted molar refractivity (Wildman–Crippen MR) is 101 cm³/mol. The minimum atomic E-state index is -0.592. The number of amides is 2. The number of esters is 1. The number of carbonyl (C=O) groups excluding carboxylic acids is 3. The van der Waals surface area contributed by atoms with Crippen LogP contribution in [0.3, 0.4) is 0 Å². The molecule has 1 aromatic carbocycles. The summed E-state index contributed by atoms with van der Waals surface area (Å²) in [6.45, 7) is 10.2. The second-order valence-electron chi connectivity index (χ2n) is 7.74. The van der Waals surface area contributed by atoms with Crippen molar-refractivity contribution in [1.82, 2.24) is 10.6 Å². The van der Waals surface area contributed by atoms with E-state index in [2.05, 4.69) is 24.5 Å². The summed E-state index contributed by atoms with van der Waals surface area (Å²) in [6.07, 6.45) is 1.94. The maximum atomic E-state index is 12.0. The topological polar surface area (TPSA) is 84.5 Å². The van der Waals surface area contributed by atoms with Crippen molar-refractivity contribution in [3.8, 4) is 0 Å². The molecule has 144 valence electrons. The molecular weight excluding hydrogens is 332 g/mol. The van der Waals surface area contributed by atoms with Crippen LogP contribution in [0.2, 0.25) is 0 Å². The van der Waals surface area contributed by atoms with Gasteiger partial charge in [0.15, 0.2) is 6.61 Å². The summed E-state index contributed by atoms with van der Waals surface area (Å²) >= 11 is 0. The van der Waals surface area contributed by atoms with Crippen LogP contribution in [0.25, 0.3) is 0 Å². The summed E-state index contributed by atoms with van der Waals surface area (Å²) < 4.78 is 5.00. The summed E-state index contributed by atoms with van der Waals surface area (Å²) in [5, 5.41) is 5.57. The first-order valence-electron chi connectivity index (χ1n) is 8.95. The van der Waals surface area contributed by atoms with Crippen molar-refractivity contribution in [3.05, 3.63) is 35.4 Å². The zero-order valence-electron chi connectivity index (χ0n) is 16.3. The second kappa shape index (κ2) is 9.94. The molecule has 0 heterocycles. The quantitative estimate of drug-likeness (QED) is 0.550. The van der Waals surface area contributed by atoms with Gasteiger partial charge in [-0.1, -0.05) is 13.8 Å². The average Bonchev–Trinajstić information content (AvgIpc) is 2.55. The number of hydrogen-bond donors (Lipinski definition) is 2. The third-order valence-electron chi connectivity index (χ3n) is 3.49. The van der Waals surface area contributed by atoms with Gasteiger partial charge >= 0.3 is 5.97 Å². The Morgan fingerprint density at radius 3 is 2.15 bits per heavy atom. The third kappa shape index (κ3) is 8.65. The molecule has 6 heteroatoms. The number of nitrogens with one attached hydrogen (secondary N) is 2. The molecule has 0 aliphatic rings. The zero-order valence-corrected chi connectivity index (χ0v) is 16.3. The van der Waals surface area contributed by atoms with Crippen LogP contribution < -0.4 is 10.6 Å². The van der Waals surface area contributed by atoms with Gasteiger partial charge in [0.05, 0.1) is 5.56 Å². The Hall–Kier alpha value is -2.37. The summed E-state index contributed by atoms with van der Waals surface area (Å²) in [7, 11) is 0. The highest BCUT2D eigenvalue weighted by Crippen LogP contribution is 2.08. The highest BCUT2D eigenvalue weighted by molar-refractivity contribution is 5.96. The highest BCUT2D eigenvalue weighted by atomic mass is 16.5. The molecule has 0 unspecified atom stereocenters. The van der Waals surface area contributed by atoms with E-state index >= 15 is 0 Å². The molecule has 2 N–H and O–H groups in total. The smallest absolute Gasteiger partial charge is 0.338 e. The SMILES string of the molecule is CC(C)CCCNC(=O)COC(=O)c1ccc(C(=O)NC(C)(C)C)cc1. The summed E-state index contributed by atoms with van der Waals surface area (Å²) in [5.74, 6) is -0.523. The van der Waals surface area contributed by atoms with E-state index in [-0.39, 0.29) is 24.0 Å². The zero-order chi connectivity index (χ0) is 19.7. The molecular formula is C20H30N2O4. The van der Waals surface area contributed by atoms with Crippen molar-refractivity contribution in [2.75, 3.05) is 13.2 Å². The van der Waals surface area contributed by atoms with Gasteiger partial charge in [-0.3, -0.25) is 9.59 Å². The van der Waals surface area contributed by atoms with E-state index in [0.717, 1.165) is 12.8 Å². The lowest BCUT2D eigenvalue weighted by atomic mass is 10.1. The Balaban J connectivity index is 2.43. The molecule has 0 aromatic heterocycles. The number of rotatable bonds is 8. The number of carbonyl (C=O) groups is 3. The lowest BCUT2D eigenvalue weighted by molar-refractivity contribution is -0.124. The van der Waals surface area contributed by atoms with Crippen molar-refractivity contribution in [1.29, 1.82) is 0 Å². The van der Waals surface area contributed by atoms with Crippen molar-refractivity contribution in [2.45, 2.75) is 53.0 Å². The molecule has 0 radical (unpaired) electrons. The minimum Gasteiger partial charge on any atom is -0.452 e. The van der Waals surface area contributed by atoms with E-state index in [0.29, 0.717) is 23.6 Å². The molecule has 1 rings (SSSR count). The van der Waals surface area contributed by atoms with Crippen LogP contribution in [-0.2, 0) is 9.53 Å². The molecule has 0 bridgehead atoms. The molecule has 6 nitrogen and oxygen atoms in total. The molecule has 1 aromatic rings. The maximum absolute atomic E-state index is 12.0. The van der Waals surface area contributed by atoms with E-state index in [1.807, 2.05) is 20.8 Å². The Bertz CT molecular complexity index is 616. The van der Waals surface area contributed by atoms with Gasteiger partial charge < -0.3 is 15.4 Å². The lowest BCUT2D eigenvalue weighted by Gasteiger charge is -2.20. The predicted octanol–water partition coefficient (Wildman–Crippen LogP) is 2.92. The van der Waals surface area contributed by atoms with Gasteiger partial charge in [0, 0.05) is 17.6 Å². The first-order valence-corrected chi connectivity index (χ1v) is 8.95. The van der Waals surface area contributed by atoms with Crippen molar-refractivity contribution in [2.24, 2.45) is 5.92 Å². The van der Waals surface area contributed by atoms with E-state index in [1.165, 1.54) is 12.1 Å². The lowest BCUT2D eigenvalue weighted by Crippen LogP contribution is -2.40. The van der Waals surface area contributed by atoms with E-state index < -0.39 is 5.97 Å². The summed E-state index contributed by atoms with van der Waals surface area (Å²) in [6, 6.07) is 6.15. The first kappa shape index (κ1) is 21.7. The Kier molecular flexibility index (Phi) is 8.29. The fourth-order valence-electron chi connectivity index (χ4n) is 2.17. The first-order chi connectivity index (χ1) is 12.1. The third-order valence-corrected chi connectivity index (χ3v) is 3.49. The van der Waals surface area contributed by atoms with Crippen molar-refractivity contribution < 1.29 is 19.1 Å². The van der Waals surface area contributed by atoms with Gasteiger partial charge in [0.25, 0.3) is 11.8 Å². The number of hydrogen-bond acceptors (Lipinski definition) is 4. The molecule has 0 spiro atoms. The standard InChI is InChI=1S/C20H30N2O4/c1-14(2)7-6-12-21-17(23)13-26-19(25)16-10-8-15(9-11-16)18(24)22-20(3,4)5/h8-11,14H,6-7,12-13H2,1-5H3,(H,21,23)(H,22,24). The van der Waals surface area contributed by atoms with Crippen LogP contribution in [0.1, 0.15) is 68.2 Å². The van der Waals surface area contributed by atoms with Crippen LogP contribution in [0.5, 0.6) is 0 Å². The fraction of sp³-hybridized carbons (Fsp3) is 0.550. The van der Waals surface area contributed by atoms with Crippen molar-refractivity contribution >= 4 is 17.8 Å². The molecule has 0 saturated carbocycles. The Morgan fingerprint density at radius 1 is 1.04 bits per heavy atom. The van der Waals surface area contributed by atoms with E-state index in [1.54, 1.807) is 12.1 Å². The molecule has 0 saturated heterocycles. The van der Waals surface area contributed by atoms with Crippen LogP contribution in [-0.4, -0.2) is 36.5 Å². The van der Waals surface area contributed by atoms with Gasteiger partial charge in [-0.15, -0.1) is 0 Å². The van der Waals surface area contributed by atoms with E-state index in [4.69, 9.17) is 4.74 Å². The molecule has 0 fully saturated rings. The van der Waals surface area contributed by atoms with Gasteiger partial charge in [0.2, 0.25) is 0 Å². The van der Waals surface area contributed by atoms with Crippen LogP contribution in [0, 0.1) is 5.92 Å². The van der Waals surface area contributed by atoms with Gasteiger partial charge in [-0.25, -0.2) is 4.79 Å². The van der Waals surface area contributed by atoms with Crippen LogP contribution in [0.4, 0.5) is 0 Å². The maximum Gasteiger partial charge on any atom is 0.338 e. The molecule has 2 amide bonds. The average molecular weight is 362 g/mol. The molecule has 0 aliphatic carbocycles. The second-order valence-corrected chi connectivity index (χ2v) is 7.74. The van der Waals surface area contributed by atoms with Gasteiger partial charge in [-0.2, -0.15) is 0 Å². The Labute approximate surface area is 155 Å². The van der Waals surface area contributed by atoms with E-state index in [9.17, 15) is 14.4 Å². The van der Waals surface area contributed by atoms with Crippen molar-refractivity contribution in [3.63, 3.8) is 0 Å². The molecule has 0 atom stereocenters. The van der Waals surface area contributed by atoms with Gasteiger partial charge in [0.1, 0.15) is 0 Å². The van der Waals surface area contributed by atoms with Crippen LogP contribution in [0.15, 0.2) is 24.3 Å². The van der Waals surface area contributed by atoms with Crippen LogP contribution >= 0.6 is 0 Å². The number of benzene rings is 1. The monoisotopic (exact) mass is 362 g/mol. The highest BCUT2D eigenvalue weighted by Gasteiger charge is 2.16. The normalized spacial score (nSPS) is 11.2. The Morgan fingerprint density at radius 2 is 1.62 bits per heavy atom. The summed E-state index contributed by atoms with van der Waals surface area (Å²) in [5.41, 5.74) is 0.418. The minimum absolute atomic E-state index is 0.210. The largest absolute Gasteiger partial charge is 0.452 e.